The summed E-state index contributed by atoms with van der Waals surface area (Å²) in [6.45, 7) is 0. The van der Waals surface area contributed by atoms with Crippen LogP contribution in [0.2, 0.25) is 0 Å². The summed E-state index contributed by atoms with van der Waals surface area (Å²) in [5, 5.41) is 0. The van der Waals surface area contributed by atoms with Crippen LogP contribution in [0.5, 0.6) is 0 Å². The molecule has 1 aromatic heterocycles. The van der Waals surface area contributed by atoms with E-state index in [1.165, 1.54) is 11.1 Å². The number of hydrogen-bond donors (Lipinski definition) is 0. The van der Waals surface area contributed by atoms with Crippen molar-refractivity contribution in [2.45, 2.75) is 25.3 Å². The molecule has 0 fully saturated rings. The van der Waals surface area contributed by atoms with Gasteiger partial charge in [-0.2, -0.15) is 0 Å². The Balaban J connectivity index is 1.87. The first-order valence-electron chi connectivity index (χ1n) is 7.13. The van der Waals surface area contributed by atoms with E-state index in [0.717, 1.165) is 23.7 Å². The van der Waals surface area contributed by atoms with Crippen molar-refractivity contribution < 1.29 is 4.79 Å². The zero-order valence-electron chi connectivity index (χ0n) is 11.9. The van der Waals surface area contributed by atoms with Crippen LogP contribution in [-0.4, -0.2) is 22.8 Å². The van der Waals surface area contributed by atoms with Gasteiger partial charge in [-0.3, -0.25) is 4.79 Å². The number of rotatable bonds is 2. The smallest absolute Gasteiger partial charge is 0.272 e. The SMILES string of the molecule is CN(C(=O)c1ccc(Br)cn1)C1CCCc2ccccc21. The van der Waals surface area contributed by atoms with Gasteiger partial charge < -0.3 is 4.90 Å². The molecule has 2 aromatic rings. The van der Waals surface area contributed by atoms with Crippen LogP contribution in [-0.2, 0) is 6.42 Å². The number of nitrogens with zero attached hydrogens (tertiary/aromatic N) is 2. The zero-order chi connectivity index (χ0) is 14.8. The van der Waals surface area contributed by atoms with Gasteiger partial charge in [0, 0.05) is 17.7 Å². The van der Waals surface area contributed by atoms with Gasteiger partial charge in [0.15, 0.2) is 0 Å². The normalized spacial score (nSPS) is 17.1. The minimum Gasteiger partial charge on any atom is -0.333 e. The number of benzene rings is 1. The van der Waals surface area contributed by atoms with Crippen LogP contribution in [0.15, 0.2) is 47.1 Å². The largest absolute Gasteiger partial charge is 0.333 e. The molecule has 4 heteroatoms. The summed E-state index contributed by atoms with van der Waals surface area (Å²) in [6, 6.07) is 12.2. The minimum absolute atomic E-state index is 0.0239. The zero-order valence-corrected chi connectivity index (χ0v) is 13.5. The van der Waals surface area contributed by atoms with E-state index in [4.69, 9.17) is 0 Å². The van der Waals surface area contributed by atoms with Crippen molar-refractivity contribution in [1.29, 1.82) is 0 Å². The highest BCUT2D eigenvalue weighted by Crippen LogP contribution is 2.33. The van der Waals surface area contributed by atoms with Crippen LogP contribution in [0.3, 0.4) is 0 Å². The van der Waals surface area contributed by atoms with Crippen LogP contribution in [0, 0.1) is 0 Å². The van der Waals surface area contributed by atoms with Crippen molar-refractivity contribution in [2.75, 3.05) is 7.05 Å². The first-order chi connectivity index (χ1) is 10.2. The predicted octanol–water partition coefficient (Wildman–Crippen LogP) is 3.99. The van der Waals surface area contributed by atoms with Crippen LogP contribution in [0.25, 0.3) is 0 Å². The predicted molar refractivity (Wildman–Crippen MR) is 86.2 cm³/mol. The Labute approximate surface area is 133 Å². The van der Waals surface area contributed by atoms with Crippen LogP contribution >= 0.6 is 15.9 Å². The minimum atomic E-state index is -0.0239. The van der Waals surface area contributed by atoms with Crippen molar-refractivity contribution in [3.05, 3.63) is 63.9 Å². The third kappa shape index (κ3) is 2.86. The molecule has 1 amide bonds. The Hall–Kier alpha value is -1.68. The molecular weight excluding hydrogens is 328 g/mol. The standard InChI is InChI=1S/C17H17BrN2O/c1-20(17(21)15-10-9-13(18)11-19-15)16-8-4-6-12-5-2-3-7-14(12)16/h2-3,5,7,9-11,16H,4,6,8H2,1H3. The molecule has 1 atom stereocenters. The molecule has 0 radical (unpaired) electrons. The van der Waals surface area contributed by atoms with E-state index >= 15 is 0 Å². The Kier molecular flexibility index (Phi) is 4.06. The second-order valence-corrected chi connectivity index (χ2v) is 6.30. The Bertz CT molecular complexity index is 654. The number of aryl methyl sites for hydroxylation is 1. The molecule has 1 aliphatic rings. The maximum absolute atomic E-state index is 12.6. The molecule has 3 rings (SSSR count). The Morgan fingerprint density at radius 3 is 2.86 bits per heavy atom. The van der Waals surface area contributed by atoms with Gasteiger partial charge in [0.1, 0.15) is 5.69 Å². The number of aromatic nitrogens is 1. The van der Waals surface area contributed by atoms with E-state index in [1.807, 2.05) is 24.1 Å². The lowest BCUT2D eigenvalue weighted by molar-refractivity contribution is 0.0709. The third-order valence-corrected chi connectivity index (χ3v) is 4.54. The topological polar surface area (TPSA) is 33.2 Å². The number of pyridine rings is 1. The van der Waals surface area contributed by atoms with E-state index in [9.17, 15) is 4.79 Å². The highest BCUT2D eigenvalue weighted by molar-refractivity contribution is 9.10. The van der Waals surface area contributed by atoms with Gasteiger partial charge in [-0.25, -0.2) is 4.98 Å². The fraction of sp³-hybridized carbons (Fsp3) is 0.294. The molecule has 3 nitrogen and oxygen atoms in total. The van der Waals surface area contributed by atoms with Crippen molar-refractivity contribution in [3.63, 3.8) is 0 Å². The number of carbonyl (C=O) groups is 1. The van der Waals surface area contributed by atoms with Crippen molar-refractivity contribution >= 4 is 21.8 Å². The summed E-state index contributed by atoms with van der Waals surface area (Å²) in [4.78, 5) is 18.7. The highest BCUT2D eigenvalue weighted by atomic mass is 79.9. The number of fused-ring (bicyclic) bond motifs is 1. The lowest BCUT2D eigenvalue weighted by Gasteiger charge is -2.33. The van der Waals surface area contributed by atoms with Gasteiger partial charge in [0.2, 0.25) is 0 Å². The Morgan fingerprint density at radius 1 is 1.29 bits per heavy atom. The molecule has 0 saturated heterocycles. The molecule has 108 valence electrons. The summed E-state index contributed by atoms with van der Waals surface area (Å²) in [5.74, 6) is -0.0239. The number of hydrogen-bond acceptors (Lipinski definition) is 2. The molecule has 0 saturated carbocycles. The fourth-order valence-electron chi connectivity index (χ4n) is 2.96. The summed E-state index contributed by atoms with van der Waals surface area (Å²) >= 11 is 3.34. The first-order valence-corrected chi connectivity index (χ1v) is 7.92. The monoisotopic (exact) mass is 344 g/mol. The Morgan fingerprint density at radius 2 is 2.10 bits per heavy atom. The number of halogens is 1. The van der Waals surface area contributed by atoms with Crippen molar-refractivity contribution in [1.82, 2.24) is 9.88 Å². The average Bonchev–Trinajstić information content (AvgIpc) is 2.53. The number of amides is 1. The second kappa shape index (κ2) is 5.98. The molecule has 0 N–H and O–H groups in total. The van der Waals surface area contributed by atoms with Crippen LogP contribution < -0.4 is 0 Å². The quantitative estimate of drug-likeness (QED) is 0.825. The van der Waals surface area contributed by atoms with E-state index in [0.29, 0.717) is 5.69 Å². The maximum atomic E-state index is 12.6. The highest BCUT2D eigenvalue weighted by Gasteiger charge is 2.27. The van der Waals surface area contributed by atoms with E-state index in [2.05, 4.69) is 39.1 Å². The van der Waals surface area contributed by atoms with Crippen LogP contribution in [0.1, 0.15) is 40.5 Å². The van der Waals surface area contributed by atoms with Crippen molar-refractivity contribution in [3.8, 4) is 0 Å². The van der Waals surface area contributed by atoms with E-state index in [1.54, 1.807) is 12.3 Å². The lowest BCUT2D eigenvalue weighted by atomic mass is 9.87. The average molecular weight is 345 g/mol. The van der Waals surface area contributed by atoms with Gasteiger partial charge in [-0.15, -0.1) is 0 Å². The molecule has 1 aromatic carbocycles. The second-order valence-electron chi connectivity index (χ2n) is 5.38. The molecule has 1 unspecified atom stereocenters. The van der Waals surface area contributed by atoms with Gasteiger partial charge in [0.05, 0.1) is 6.04 Å². The van der Waals surface area contributed by atoms with E-state index < -0.39 is 0 Å². The molecule has 0 bridgehead atoms. The molecular formula is C17H17BrN2O. The molecule has 1 aliphatic carbocycles. The lowest BCUT2D eigenvalue weighted by Crippen LogP contribution is -2.33. The molecule has 0 aliphatic heterocycles. The number of carbonyl (C=O) groups excluding carboxylic acids is 1. The van der Waals surface area contributed by atoms with Crippen LogP contribution in [0.4, 0.5) is 0 Å². The van der Waals surface area contributed by atoms with Crippen molar-refractivity contribution in [2.24, 2.45) is 0 Å². The molecule has 0 spiro atoms. The van der Waals surface area contributed by atoms with Gasteiger partial charge in [0.25, 0.3) is 5.91 Å². The summed E-state index contributed by atoms with van der Waals surface area (Å²) < 4.78 is 0.879. The van der Waals surface area contributed by atoms with Gasteiger partial charge in [-0.05, 0) is 58.5 Å². The summed E-state index contributed by atoms with van der Waals surface area (Å²) in [6.07, 6.45) is 4.89. The third-order valence-electron chi connectivity index (χ3n) is 4.07. The van der Waals surface area contributed by atoms with Gasteiger partial charge in [-0.1, -0.05) is 24.3 Å². The summed E-state index contributed by atoms with van der Waals surface area (Å²) in [7, 11) is 1.87. The van der Waals surface area contributed by atoms with Gasteiger partial charge >= 0.3 is 0 Å². The fourth-order valence-corrected chi connectivity index (χ4v) is 3.19. The first kappa shape index (κ1) is 14.3. The summed E-state index contributed by atoms with van der Waals surface area (Å²) in [5.41, 5.74) is 3.12. The molecule has 1 heterocycles. The molecule has 21 heavy (non-hydrogen) atoms. The van der Waals surface area contributed by atoms with E-state index in [-0.39, 0.29) is 11.9 Å². The maximum Gasteiger partial charge on any atom is 0.272 e.